The van der Waals surface area contributed by atoms with Crippen LogP contribution in [0.1, 0.15) is 49.8 Å². The Morgan fingerprint density at radius 3 is 1.93 bits per heavy atom. The maximum atomic E-state index is 13.7. The molecule has 5 rings (SSSR count). The number of hydrogen-bond donors (Lipinski definition) is 2. The van der Waals surface area contributed by atoms with Crippen LogP contribution in [0.15, 0.2) is 108 Å². The second kappa shape index (κ2) is 16.5. The van der Waals surface area contributed by atoms with Gasteiger partial charge in [-0.05, 0) is 77.1 Å². The summed E-state index contributed by atoms with van der Waals surface area (Å²) in [6.07, 6.45) is 0.690. The summed E-state index contributed by atoms with van der Waals surface area (Å²) in [5.41, 5.74) is 6.40. The molecule has 1 atom stereocenters. The molecule has 10 heteroatoms. The standard InChI is InChI=1S/C36H35N2O3.Na.O3S/c1-5-34(39)37-29-18-10-24(11-19-29)22-31(25-12-16-28(17-13-25)36(2,3)4)35(40)38-30-20-14-26(15-21-30)33-23-27-8-6-7-9-32(27)41-33;;1-4(2)3/h6-21,23,31H,1,5,22H2,2-4H3,(H,37,39)(H,38,40);;/q-1;+1;. The predicted octanol–water partition coefficient (Wildman–Crippen LogP) is 4.52. The summed E-state index contributed by atoms with van der Waals surface area (Å²) in [4.78, 5) is 25.4. The van der Waals surface area contributed by atoms with Gasteiger partial charge in [0.15, 0.2) is 5.91 Å². The first-order valence-electron chi connectivity index (χ1n) is 14.4. The van der Waals surface area contributed by atoms with Crippen molar-refractivity contribution in [3.63, 3.8) is 0 Å². The summed E-state index contributed by atoms with van der Waals surface area (Å²) in [6, 6.07) is 33.6. The van der Waals surface area contributed by atoms with E-state index in [-0.39, 0.29) is 53.2 Å². The summed E-state index contributed by atoms with van der Waals surface area (Å²) in [5, 5.41) is 6.99. The van der Waals surface area contributed by atoms with Crippen LogP contribution in [0.3, 0.4) is 0 Å². The molecule has 0 spiro atoms. The molecule has 2 N–H and O–H groups in total. The van der Waals surface area contributed by atoms with Crippen molar-refractivity contribution < 1.29 is 56.2 Å². The van der Waals surface area contributed by atoms with E-state index in [2.05, 4.69) is 62.6 Å². The number of anilines is 2. The third kappa shape index (κ3) is 10.3. The van der Waals surface area contributed by atoms with Gasteiger partial charge in [-0.2, -0.15) is 0 Å². The smallest absolute Gasteiger partial charge is 0.456 e. The van der Waals surface area contributed by atoms with E-state index in [4.69, 9.17) is 17.0 Å². The number of carbonyl (C=O) groups excluding carboxylic acids is 2. The Morgan fingerprint density at radius 2 is 1.37 bits per heavy atom. The van der Waals surface area contributed by atoms with E-state index < -0.39 is 16.5 Å². The molecule has 46 heavy (non-hydrogen) atoms. The minimum atomic E-state index is -3.11. The second-order valence-electron chi connectivity index (χ2n) is 11.5. The molecule has 4 aromatic carbocycles. The monoisotopic (exact) mass is 646 g/mol. The van der Waals surface area contributed by atoms with Gasteiger partial charge < -0.3 is 22.0 Å². The van der Waals surface area contributed by atoms with Crippen molar-refractivity contribution in [3.05, 3.63) is 127 Å². The van der Waals surface area contributed by atoms with Crippen LogP contribution >= 0.6 is 0 Å². The molecular weight excluding hydrogens is 611 g/mol. The van der Waals surface area contributed by atoms with Crippen molar-refractivity contribution in [3.8, 4) is 11.3 Å². The summed E-state index contributed by atoms with van der Waals surface area (Å²) < 4.78 is 31.3. The molecule has 5 aromatic rings. The fourth-order valence-corrected chi connectivity index (χ4v) is 4.83. The van der Waals surface area contributed by atoms with Crippen molar-refractivity contribution in [2.75, 3.05) is 10.6 Å². The quantitative estimate of drug-likeness (QED) is 0.189. The Morgan fingerprint density at radius 1 is 0.804 bits per heavy atom. The molecule has 0 aliphatic carbocycles. The number of nitrogens with one attached hydrogen (secondary N) is 2. The van der Waals surface area contributed by atoms with Gasteiger partial charge >= 0.3 is 40.2 Å². The van der Waals surface area contributed by atoms with E-state index in [9.17, 15) is 9.59 Å². The van der Waals surface area contributed by atoms with Crippen molar-refractivity contribution in [2.45, 2.75) is 44.9 Å². The summed E-state index contributed by atoms with van der Waals surface area (Å²) in [5.74, 6) is 0.162. The zero-order chi connectivity index (χ0) is 32.6. The van der Waals surface area contributed by atoms with Gasteiger partial charge in [-0.1, -0.05) is 75.4 Å². The Kier molecular flexibility index (Phi) is 13.1. The molecule has 232 valence electrons. The Labute approximate surface area is 293 Å². The number of carbonyl (C=O) groups is 2. The maximum absolute atomic E-state index is 13.7. The predicted molar refractivity (Wildman–Crippen MR) is 177 cm³/mol. The Hall–Kier alpha value is -4.02. The molecule has 8 nitrogen and oxygen atoms in total. The van der Waals surface area contributed by atoms with E-state index in [1.54, 1.807) is 0 Å². The number of para-hydroxylation sites is 1. The molecule has 1 aromatic heterocycles. The van der Waals surface area contributed by atoms with Gasteiger partial charge in [0, 0.05) is 22.3 Å². The van der Waals surface area contributed by atoms with Gasteiger partial charge in [0.05, 0.1) is 5.92 Å². The molecule has 1 heterocycles. The minimum Gasteiger partial charge on any atom is -0.456 e. The normalized spacial score (nSPS) is 11.4. The van der Waals surface area contributed by atoms with Crippen LogP contribution in [0.5, 0.6) is 0 Å². The fraction of sp³-hybridized carbons (Fsp3) is 0.194. The van der Waals surface area contributed by atoms with Gasteiger partial charge in [-0.15, -0.1) is 19.0 Å². The number of benzene rings is 4. The van der Waals surface area contributed by atoms with Crippen LogP contribution in [0.4, 0.5) is 11.4 Å². The third-order valence-electron chi connectivity index (χ3n) is 7.26. The molecular formula is C36H35N2NaO6S. The molecule has 0 saturated carbocycles. The summed E-state index contributed by atoms with van der Waals surface area (Å²) in [6.45, 7) is 10.1. The average molecular weight is 647 g/mol. The first kappa shape index (κ1) is 36.4. The average Bonchev–Trinajstić information content (AvgIpc) is 3.45. The zero-order valence-electron chi connectivity index (χ0n) is 26.4. The molecule has 0 radical (unpaired) electrons. The van der Waals surface area contributed by atoms with Crippen molar-refractivity contribution in [1.29, 1.82) is 0 Å². The van der Waals surface area contributed by atoms with Crippen molar-refractivity contribution >= 4 is 44.8 Å². The van der Waals surface area contributed by atoms with E-state index in [1.165, 1.54) is 5.56 Å². The van der Waals surface area contributed by atoms with Crippen molar-refractivity contribution in [2.24, 2.45) is 0 Å². The van der Waals surface area contributed by atoms with E-state index in [0.717, 1.165) is 39.1 Å². The topological polar surface area (TPSA) is 123 Å². The van der Waals surface area contributed by atoms with Gasteiger partial charge in [-0.3, -0.25) is 9.59 Å². The Bertz CT molecular complexity index is 1840. The SMILES string of the molecule is O=S(=O)=O.[CH2-]CC(=O)Nc1ccc(CC(C(=O)Nc2ccc(-c3cc4ccccc4o3)cc2)c2ccc(C(C)(C)C)cc2)cc1.[Na+]. The number of furan rings is 1. The Balaban J connectivity index is 0.00000109. The molecule has 0 fully saturated rings. The summed E-state index contributed by atoms with van der Waals surface area (Å²) >= 11 is 0. The van der Waals surface area contributed by atoms with Crippen LogP contribution in [-0.4, -0.2) is 24.4 Å². The molecule has 2 amide bonds. The van der Waals surface area contributed by atoms with Gasteiger partial charge in [-0.25, -0.2) is 0 Å². The minimum absolute atomic E-state index is 0. The number of hydrogen-bond acceptors (Lipinski definition) is 6. The van der Waals surface area contributed by atoms with Crippen molar-refractivity contribution in [1.82, 2.24) is 0 Å². The molecule has 0 bridgehead atoms. The van der Waals surface area contributed by atoms with E-state index in [1.807, 2.05) is 78.9 Å². The zero-order valence-corrected chi connectivity index (χ0v) is 29.2. The van der Waals surface area contributed by atoms with Gasteiger partial charge in [0.2, 0.25) is 5.91 Å². The van der Waals surface area contributed by atoms with Crippen LogP contribution in [0.2, 0.25) is 0 Å². The second-order valence-corrected chi connectivity index (χ2v) is 12.0. The first-order valence-corrected chi connectivity index (χ1v) is 15.4. The number of fused-ring (bicyclic) bond motifs is 1. The van der Waals surface area contributed by atoms with E-state index >= 15 is 0 Å². The van der Waals surface area contributed by atoms with Gasteiger partial charge in [0.25, 0.3) is 0 Å². The third-order valence-corrected chi connectivity index (χ3v) is 7.26. The van der Waals surface area contributed by atoms with E-state index in [0.29, 0.717) is 12.1 Å². The van der Waals surface area contributed by atoms with Crippen LogP contribution in [0, 0.1) is 6.92 Å². The summed E-state index contributed by atoms with van der Waals surface area (Å²) in [7, 11) is -3.11. The molecule has 0 aliphatic heterocycles. The fourth-order valence-electron chi connectivity index (χ4n) is 4.83. The largest absolute Gasteiger partial charge is 1.00 e. The number of rotatable bonds is 8. The van der Waals surface area contributed by atoms with Crippen LogP contribution in [0.25, 0.3) is 22.3 Å². The number of amides is 2. The first-order chi connectivity index (χ1) is 21.4. The van der Waals surface area contributed by atoms with Crippen LogP contribution in [-0.2, 0) is 32.0 Å². The maximum Gasteiger partial charge on any atom is 1.00 e. The molecule has 1 unspecified atom stereocenters. The molecule has 0 saturated heterocycles. The van der Waals surface area contributed by atoms with Crippen LogP contribution < -0.4 is 40.2 Å². The van der Waals surface area contributed by atoms with Gasteiger partial charge in [0.1, 0.15) is 11.3 Å². The molecule has 0 aliphatic rings.